The summed E-state index contributed by atoms with van der Waals surface area (Å²) in [4.78, 5) is 28.2. The standard InChI is InChI=1S/C28H29Cl4N3O4S/c1-3-4-15-33-28(37)19(2)34(17-22-23(29)11-8-12-24(22)30)27(36)18-35(20-13-14-25(31)26(32)16-20)40(38,39)21-9-6-5-7-10-21/h5-14,16,19H,3-4,15,17-18H2,1-2H3,(H,33,37)/t19-/m1/s1. The maximum absolute atomic E-state index is 14.0. The van der Waals surface area contributed by atoms with Crippen LogP contribution in [0.1, 0.15) is 32.3 Å². The summed E-state index contributed by atoms with van der Waals surface area (Å²) >= 11 is 25.1. The largest absolute Gasteiger partial charge is 0.354 e. The van der Waals surface area contributed by atoms with Gasteiger partial charge in [0.25, 0.3) is 10.0 Å². The van der Waals surface area contributed by atoms with Gasteiger partial charge in [0.15, 0.2) is 0 Å². The van der Waals surface area contributed by atoms with E-state index in [-0.39, 0.29) is 27.2 Å². The average molecular weight is 645 g/mol. The van der Waals surface area contributed by atoms with Crippen molar-refractivity contribution in [3.05, 3.63) is 92.4 Å². The van der Waals surface area contributed by atoms with Crippen LogP contribution >= 0.6 is 46.4 Å². The fraction of sp³-hybridized carbons (Fsp3) is 0.286. The molecule has 3 aromatic carbocycles. The number of halogens is 4. The predicted molar refractivity (Wildman–Crippen MR) is 162 cm³/mol. The van der Waals surface area contributed by atoms with Crippen molar-refractivity contribution in [1.82, 2.24) is 10.2 Å². The first-order valence-electron chi connectivity index (χ1n) is 12.5. The van der Waals surface area contributed by atoms with E-state index in [1.807, 2.05) is 6.92 Å². The zero-order valence-corrected chi connectivity index (χ0v) is 25.8. The number of benzene rings is 3. The zero-order valence-electron chi connectivity index (χ0n) is 21.9. The highest BCUT2D eigenvalue weighted by molar-refractivity contribution is 7.92. The van der Waals surface area contributed by atoms with Crippen molar-refractivity contribution in [2.24, 2.45) is 0 Å². The number of carbonyl (C=O) groups excluding carboxylic acids is 2. The van der Waals surface area contributed by atoms with Crippen molar-refractivity contribution in [3.63, 3.8) is 0 Å². The number of unbranched alkanes of at least 4 members (excludes halogenated alkanes) is 1. The highest BCUT2D eigenvalue weighted by Crippen LogP contribution is 2.31. The third kappa shape index (κ3) is 7.83. The Morgan fingerprint density at radius 1 is 0.875 bits per heavy atom. The van der Waals surface area contributed by atoms with Crippen LogP contribution in [-0.2, 0) is 26.2 Å². The normalized spacial score (nSPS) is 12.1. The van der Waals surface area contributed by atoms with Crippen LogP contribution in [-0.4, -0.2) is 44.3 Å². The minimum Gasteiger partial charge on any atom is -0.354 e. The molecular formula is C28H29Cl4N3O4S. The molecule has 0 saturated carbocycles. The van der Waals surface area contributed by atoms with Crippen molar-refractivity contribution in [2.45, 2.75) is 44.2 Å². The highest BCUT2D eigenvalue weighted by Gasteiger charge is 2.33. The Kier molecular flexibility index (Phi) is 11.5. The third-order valence-corrected chi connectivity index (χ3v) is 9.42. The van der Waals surface area contributed by atoms with Gasteiger partial charge >= 0.3 is 0 Å². The van der Waals surface area contributed by atoms with E-state index in [0.717, 1.165) is 17.1 Å². The molecule has 0 aliphatic carbocycles. The lowest BCUT2D eigenvalue weighted by atomic mass is 10.1. The van der Waals surface area contributed by atoms with Gasteiger partial charge in [-0.2, -0.15) is 0 Å². The summed E-state index contributed by atoms with van der Waals surface area (Å²) in [6.45, 7) is 3.24. The average Bonchev–Trinajstić information content (AvgIpc) is 2.93. The molecule has 0 bridgehead atoms. The molecule has 0 saturated heterocycles. The van der Waals surface area contributed by atoms with Crippen LogP contribution in [0.15, 0.2) is 71.6 Å². The van der Waals surface area contributed by atoms with Gasteiger partial charge in [-0.1, -0.05) is 84.0 Å². The van der Waals surface area contributed by atoms with Crippen molar-refractivity contribution in [3.8, 4) is 0 Å². The van der Waals surface area contributed by atoms with E-state index in [1.54, 1.807) is 43.3 Å². The van der Waals surface area contributed by atoms with Gasteiger partial charge in [-0.25, -0.2) is 8.42 Å². The summed E-state index contributed by atoms with van der Waals surface area (Å²) in [6.07, 6.45) is 1.64. The molecule has 0 aliphatic heterocycles. The molecule has 1 N–H and O–H groups in total. The van der Waals surface area contributed by atoms with Gasteiger partial charge in [-0.3, -0.25) is 13.9 Å². The Bertz CT molecular complexity index is 1430. The summed E-state index contributed by atoms with van der Waals surface area (Å²) in [6, 6.07) is 15.9. The number of amides is 2. The number of hydrogen-bond acceptors (Lipinski definition) is 4. The van der Waals surface area contributed by atoms with E-state index in [1.165, 1.54) is 35.2 Å². The summed E-state index contributed by atoms with van der Waals surface area (Å²) in [5.74, 6) is -1.04. The lowest BCUT2D eigenvalue weighted by Crippen LogP contribution is -2.51. The topological polar surface area (TPSA) is 86.8 Å². The van der Waals surface area contributed by atoms with E-state index >= 15 is 0 Å². The zero-order chi connectivity index (χ0) is 29.4. The molecule has 214 valence electrons. The van der Waals surface area contributed by atoms with Gasteiger partial charge in [0.05, 0.1) is 20.6 Å². The molecule has 0 radical (unpaired) electrons. The summed E-state index contributed by atoms with van der Waals surface area (Å²) in [5, 5.41) is 3.78. The molecular weight excluding hydrogens is 616 g/mol. The molecule has 3 aromatic rings. The molecule has 1 atom stereocenters. The minimum absolute atomic E-state index is 0.0278. The summed E-state index contributed by atoms with van der Waals surface area (Å²) in [5.41, 5.74) is 0.557. The number of hydrogen-bond donors (Lipinski definition) is 1. The van der Waals surface area contributed by atoms with E-state index in [9.17, 15) is 18.0 Å². The maximum Gasteiger partial charge on any atom is 0.264 e. The van der Waals surface area contributed by atoms with E-state index < -0.39 is 34.4 Å². The van der Waals surface area contributed by atoms with Crippen LogP contribution < -0.4 is 9.62 Å². The number of nitrogens with one attached hydrogen (secondary N) is 1. The van der Waals surface area contributed by atoms with Gasteiger partial charge in [0.1, 0.15) is 12.6 Å². The van der Waals surface area contributed by atoms with Gasteiger partial charge in [-0.15, -0.1) is 0 Å². The fourth-order valence-electron chi connectivity index (χ4n) is 3.86. The molecule has 12 heteroatoms. The number of carbonyl (C=O) groups is 2. The lowest BCUT2D eigenvalue weighted by Gasteiger charge is -2.32. The molecule has 0 fully saturated rings. The first-order chi connectivity index (χ1) is 19.0. The van der Waals surface area contributed by atoms with Crippen LogP contribution in [0.3, 0.4) is 0 Å². The van der Waals surface area contributed by atoms with Crippen LogP contribution in [0.2, 0.25) is 20.1 Å². The summed E-state index contributed by atoms with van der Waals surface area (Å²) < 4.78 is 28.5. The van der Waals surface area contributed by atoms with E-state index in [4.69, 9.17) is 46.4 Å². The molecule has 0 spiro atoms. The van der Waals surface area contributed by atoms with E-state index in [2.05, 4.69) is 5.32 Å². The molecule has 0 unspecified atom stereocenters. The Morgan fingerprint density at radius 3 is 2.12 bits per heavy atom. The van der Waals surface area contributed by atoms with Gasteiger partial charge < -0.3 is 10.2 Å². The van der Waals surface area contributed by atoms with Crippen LogP contribution in [0, 0.1) is 0 Å². The van der Waals surface area contributed by atoms with Crippen molar-refractivity contribution in [1.29, 1.82) is 0 Å². The Balaban J connectivity index is 2.05. The second-order valence-corrected chi connectivity index (χ2v) is 12.5. The Morgan fingerprint density at radius 2 is 1.52 bits per heavy atom. The predicted octanol–water partition coefficient (Wildman–Crippen LogP) is 6.83. The smallest absolute Gasteiger partial charge is 0.264 e. The molecule has 3 rings (SSSR count). The quantitative estimate of drug-likeness (QED) is 0.219. The SMILES string of the molecule is CCCCNC(=O)[C@@H](C)N(Cc1c(Cl)cccc1Cl)C(=O)CN(c1ccc(Cl)c(Cl)c1)S(=O)(=O)c1ccccc1. The van der Waals surface area contributed by atoms with Crippen molar-refractivity contribution >= 4 is 73.9 Å². The maximum atomic E-state index is 14.0. The summed E-state index contributed by atoms with van der Waals surface area (Å²) in [7, 11) is -4.23. The second kappa shape index (κ2) is 14.4. The van der Waals surface area contributed by atoms with Crippen LogP contribution in [0.4, 0.5) is 5.69 Å². The van der Waals surface area contributed by atoms with Crippen LogP contribution in [0.5, 0.6) is 0 Å². The Labute approximate surface area is 255 Å². The molecule has 7 nitrogen and oxygen atoms in total. The van der Waals surface area contributed by atoms with Gasteiger partial charge in [0.2, 0.25) is 11.8 Å². The first kappa shape index (κ1) is 32.0. The fourth-order valence-corrected chi connectivity index (χ4v) is 6.10. The molecule has 0 aliphatic rings. The van der Waals surface area contributed by atoms with Crippen LogP contribution in [0.25, 0.3) is 0 Å². The monoisotopic (exact) mass is 643 g/mol. The minimum atomic E-state index is -4.23. The second-order valence-electron chi connectivity index (χ2n) is 8.97. The molecule has 2 amide bonds. The van der Waals surface area contributed by atoms with Gasteiger partial charge in [-0.05, 0) is 55.8 Å². The number of nitrogens with zero attached hydrogens (tertiary/aromatic N) is 2. The molecule has 40 heavy (non-hydrogen) atoms. The number of rotatable bonds is 12. The lowest BCUT2D eigenvalue weighted by molar-refractivity contribution is -0.139. The van der Waals surface area contributed by atoms with Gasteiger partial charge in [0, 0.05) is 28.7 Å². The van der Waals surface area contributed by atoms with E-state index in [0.29, 0.717) is 22.2 Å². The number of sulfonamides is 1. The van der Waals surface area contributed by atoms with Crippen molar-refractivity contribution < 1.29 is 18.0 Å². The number of anilines is 1. The molecule has 0 aromatic heterocycles. The Hall–Kier alpha value is -2.49. The first-order valence-corrected chi connectivity index (χ1v) is 15.5. The molecule has 0 heterocycles. The highest BCUT2D eigenvalue weighted by atomic mass is 35.5. The van der Waals surface area contributed by atoms with Crippen molar-refractivity contribution in [2.75, 3.05) is 17.4 Å². The third-order valence-electron chi connectivity index (χ3n) is 6.19.